The average Bonchev–Trinajstić information content (AvgIpc) is 1.94. The van der Waals surface area contributed by atoms with Crippen molar-refractivity contribution in [2.45, 2.75) is 0 Å². The van der Waals surface area contributed by atoms with Crippen LogP contribution in [0.3, 0.4) is 0 Å². The summed E-state index contributed by atoms with van der Waals surface area (Å²) in [7, 11) is 0. The number of phenols is 1. The van der Waals surface area contributed by atoms with Crippen molar-refractivity contribution in [1.29, 1.82) is 0 Å². The first-order valence-electron chi connectivity index (χ1n) is 2.81. The van der Waals surface area contributed by atoms with Crippen LogP contribution in [0.5, 0.6) is 5.75 Å². The molecule has 0 fully saturated rings. The molecule has 0 aromatic heterocycles. The van der Waals surface area contributed by atoms with Crippen LogP contribution in [0.25, 0.3) is 0 Å². The van der Waals surface area contributed by atoms with Crippen molar-refractivity contribution < 1.29 is 64.9 Å². The first-order chi connectivity index (χ1) is 5.13. The fraction of sp³-hybridized carbons (Fsp3) is 0. The Morgan fingerprint density at radius 2 is 2.08 bits per heavy atom. The number of carboxylic acid groups (broad SMARTS) is 1. The largest absolute Gasteiger partial charge is 1.00 e. The second kappa shape index (κ2) is 5.18. The number of para-hydroxylation sites is 1. The van der Waals surface area contributed by atoms with Gasteiger partial charge in [0.1, 0.15) is 5.75 Å². The fourth-order valence-corrected chi connectivity index (χ4v) is 0.855. The average molecular weight is 395 g/mol. The van der Waals surface area contributed by atoms with Gasteiger partial charge in [-0.15, -0.1) is 0 Å². The molecule has 3 nitrogen and oxygen atoms in total. The first kappa shape index (κ1) is 12.4. The topological polar surface area (TPSA) is 60.4 Å². The van der Waals surface area contributed by atoms with Gasteiger partial charge in [-0.3, -0.25) is 0 Å². The second-order valence-corrected chi connectivity index (χ2v) is 2.33. The molecule has 0 amide bonds. The van der Waals surface area contributed by atoms with Gasteiger partial charge < -0.3 is 15.0 Å². The number of hydrogen-bond acceptors (Lipinski definition) is 3. The summed E-state index contributed by atoms with van der Waals surface area (Å²) in [6, 6.07) is 4.03. The van der Waals surface area contributed by atoms with Gasteiger partial charge in [-0.05, 0) is 12.1 Å². The Kier molecular flexibility index (Phi) is 5.34. The minimum absolute atomic E-state index is 0. The van der Waals surface area contributed by atoms with Gasteiger partial charge in [0.05, 0.1) is 11.0 Å². The van der Waals surface area contributed by atoms with Gasteiger partial charge in [-0.25, -0.2) is 0 Å². The zero-order valence-electron chi connectivity index (χ0n) is 6.37. The minimum atomic E-state index is -1.44. The maximum atomic E-state index is 10.2. The van der Waals surface area contributed by atoms with E-state index in [9.17, 15) is 9.90 Å². The Balaban J connectivity index is 0.00000121. The molecule has 0 aliphatic carbocycles. The second-order valence-electron chi connectivity index (χ2n) is 1.92. The first-order valence-corrected chi connectivity index (χ1v) is 3.19. The summed E-state index contributed by atoms with van der Waals surface area (Å²) in [5.74, 6) is -1.89. The molecule has 58 valence electrons. The van der Waals surface area contributed by atoms with Gasteiger partial charge in [0.25, 0.3) is 0 Å². The third kappa shape index (κ3) is 2.70. The van der Waals surface area contributed by atoms with Crippen LogP contribution < -0.4 is 5.11 Å². The number of carbonyl (C=O) groups excluding carboxylic acids is 1. The van der Waals surface area contributed by atoms with E-state index in [1.54, 1.807) is 0 Å². The molecule has 0 aliphatic rings. The van der Waals surface area contributed by atoms with E-state index < -0.39 is 11.7 Å². The third-order valence-electron chi connectivity index (χ3n) is 1.21. The zero-order chi connectivity index (χ0) is 8.43. The SMILES string of the molecule is O=C([O-])c1cccc(Cl)c1O.[Fr+]. The van der Waals surface area contributed by atoms with Crippen molar-refractivity contribution in [2.24, 2.45) is 0 Å². The molecular weight excluding hydrogens is 391 g/mol. The Morgan fingerprint density at radius 3 is 2.50 bits per heavy atom. The van der Waals surface area contributed by atoms with Crippen LogP contribution in [0.15, 0.2) is 18.2 Å². The molecule has 0 spiro atoms. The Morgan fingerprint density at radius 1 is 1.50 bits per heavy atom. The van der Waals surface area contributed by atoms with Crippen molar-refractivity contribution >= 4 is 17.6 Å². The standard InChI is InChI=1S/C7H5ClO3.Fr/c8-5-3-1-2-4(6(5)9)7(10)11;/h1-3,9H,(H,10,11);/q;+1/p-1. The number of carboxylic acids is 1. The molecule has 0 heterocycles. The number of aromatic hydroxyl groups is 1. The van der Waals surface area contributed by atoms with E-state index in [2.05, 4.69) is 0 Å². The van der Waals surface area contributed by atoms with Crippen molar-refractivity contribution in [3.8, 4) is 5.75 Å². The van der Waals surface area contributed by atoms with E-state index in [-0.39, 0.29) is 60.5 Å². The monoisotopic (exact) mass is 394 g/mol. The van der Waals surface area contributed by atoms with Gasteiger partial charge in [-0.2, -0.15) is 0 Å². The van der Waals surface area contributed by atoms with Crippen molar-refractivity contribution in [3.05, 3.63) is 28.8 Å². The molecule has 0 saturated heterocycles. The third-order valence-corrected chi connectivity index (χ3v) is 1.51. The number of halogens is 1. The smallest absolute Gasteiger partial charge is 0.545 e. The van der Waals surface area contributed by atoms with E-state index in [1.807, 2.05) is 0 Å². The number of hydrogen-bond donors (Lipinski definition) is 1. The molecule has 0 saturated carbocycles. The molecule has 0 unspecified atom stereocenters. The Bertz CT molecular complexity index is 301. The van der Waals surface area contributed by atoms with Crippen LogP contribution in [-0.2, 0) is 0 Å². The molecule has 0 radical (unpaired) electrons. The quantitative estimate of drug-likeness (QED) is 0.751. The Labute approximate surface area is 115 Å². The molecule has 0 aliphatic heterocycles. The van der Waals surface area contributed by atoms with Gasteiger partial charge in [0, 0.05) is 5.56 Å². The van der Waals surface area contributed by atoms with Crippen LogP contribution in [0, 0.1) is 49.9 Å². The summed E-state index contributed by atoms with van der Waals surface area (Å²) >= 11 is 5.42. The van der Waals surface area contributed by atoms with Gasteiger partial charge >= 0.3 is 49.9 Å². The van der Waals surface area contributed by atoms with Crippen molar-refractivity contribution in [1.82, 2.24) is 0 Å². The molecule has 1 aromatic carbocycles. The van der Waals surface area contributed by atoms with Crippen molar-refractivity contribution in [2.75, 3.05) is 0 Å². The normalized spacial score (nSPS) is 8.75. The summed E-state index contributed by atoms with van der Waals surface area (Å²) in [6.45, 7) is 0. The van der Waals surface area contributed by atoms with Gasteiger partial charge in [0.15, 0.2) is 0 Å². The van der Waals surface area contributed by atoms with E-state index in [4.69, 9.17) is 16.7 Å². The molecular formula is C7H4ClFrO3. The zero-order valence-corrected chi connectivity index (χ0v) is 15.3. The maximum Gasteiger partial charge on any atom is 1.00 e. The van der Waals surface area contributed by atoms with Crippen LogP contribution in [-0.4, -0.2) is 11.1 Å². The van der Waals surface area contributed by atoms with E-state index >= 15 is 0 Å². The molecule has 12 heavy (non-hydrogen) atoms. The van der Waals surface area contributed by atoms with Crippen LogP contribution in [0.4, 0.5) is 0 Å². The summed E-state index contributed by atoms with van der Waals surface area (Å²) in [5, 5.41) is 19.3. The van der Waals surface area contributed by atoms with E-state index in [0.29, 0.717) is 0 Å². The van der Waals surface area contributed by atoms with Gasteiger partial charge in [-0.1, -0.05) is 17.7 Å². The number of aromatic carboxylic acids is 1. The van der Waals surface area contributed by atoms with Crippen LogP contribution in [0.1, 0.15) is 10.4 Å². The molecule has 1 N–H and O–H groups in total. The predicted octanol–water partition coefficient (Wildman–Crippen LogP) is 0.409. The maximum absolute atomic E-state index is 10.2. The summed E-state index contributed by atoms with van der Waals surface area (Å²) in [4.78, 5) is 10.2. The molecule has 1 aromatic rings. The van der Waals surface area contributed by atoms with Crippen molar-refractivity contribution in [3.63, 3.8) is 0 Å². The number of benzene rings is 1. The fourth-order valence-electron chi connectivity index (χ4n) is 0.680. The van der Waals surface area contributed by atoms with E-state index in [1.165, 1.54) is 18.2 Å². The number of rotatable bonds is 1. The number of carbonyl (C=O) groups is 1. The summed E-state index contributed by atoms with van der Waals surface area (Å²) < 4.78 is 0. The molecule has 5 heteroatoms. The predicted molar refractivity (Wildman–Crippen MR) is 37.4 cm³/mol. The molecule has 0 bridgehead atoms. The minimum Gasteiger partial charge on any atom is -0.545 e. The summed E-state index contributed by atoms with van der Waals surface area (Å²) in [6.07, 6.45) is 0. The summed E-state index contributed by atoms with van der Waals surface area (Å²) in [5.41, 5.74) is -0.294. The van der Waals surface area contributed by atoms with Crippen LogP contribution in [0.2, 0.25) is 5.02 Å². The molecule has 1 rings (SSSR count). The van der Waals surface area contributed by atoms with Crippen LogP contribution >= 0.6 is 11.6 Å². The molecule has 0 atom stereocenters. The van der Waals surface area contributed by atoms with E-state index in [0.717, 1.165) is 0 Å². The Hall–Kier alpha value is 0.377. The van der Waals surface area contributed by atoms with Gasteiger partial charge in [0.2, 0.25) is 0 Å².